The van der Waals surface area contributed by atoms with Crippen LogP contribution in [0.25, 0.3) is 0 Å². The Morgan fingerprint density at radius 1 is 1.06 bits per heavy atom. The zero-order valence-electron chi connectivity index (χ0n) is 11.9. The van der Waals surface area contributed by atoms with Gasteiger partial charge in [0.1, 0.15) is 0 Å². The molecule has 98 valence electrons. The van der Waals surface area contributed by atoms with Gasteiger partial charge in [0.2, 0.25) is 0 Å². The standard InChI is InChI=1S/C17H25N/c1-11-4-6-14(7-5-11)16-10-18-17-13(3)8-12(2)9-15(16)17/h8-9,11,14,16,18H,4-7,10H2,1-3H3. The van der Waals surface area contributed by atoms with Gasteiger partial charge in [-0.3, -0.25) is 0 Å². The molecule has 1 heteroatoms. The zero-order valence-corrected chi connectivity index (χ0v) is 11.9. The first-order chi connectivity index (χ1) is 8.65. The Kier molecular flexibility index (Phi) is 3.09. The summed E-state index contributed by atoms with van der Waals surface area (Å²) >= 11 is 0. The monoisotopic (exact) mass is 243 g/mol. The zero-order chi connectivity index (χ0) is 12.7. The molecule has 1 saturated carbocycles. The smallest absolute Gasteiger partial charge is 0.0406 e. The van der Waals surface area contributed by atoms with E-state index in [-0.39, 0.29) is 0 Å². The molecule has 1 aliphatic heterocycles. The lowest BCUT2D eigenvalue weighted by Crippen LogP contribution is -2.20. The molecule has 1 fully saturated rings. The van der Waals surface area contributed by atoms with Crippen molar-refractivity contribution in [1.82, 2.24) is 0 Å². The second-order valence-corrected chi connectivity index (χ2v) is 6.55. The number of nitrogens with one attached hydrogen (secondary N) is 1. The number of benzene rings is 1. The molecule has 1 unspecified atom stereocenters. The first-order valence-electron chi connectivity index (χ1n) is 7.50. The summed E-state index contributed by atoms with van der Waals surface area (Å²) in [6.45, 7) is 8.04. The van der Waals surface area contributed by atoms with Crippen LogP contribution in [-0.2, 0) is 0 Å². The molecule has 1 aromatic carbocycles. The van der Waals surface area contributed by atoms with E-state index in [9.17, 15) is 0 Å². The predicted molar refractivity (Wildman–Crippen MR) is 78.3 cm³/mol. The van der Waals surface area contributed by atoms with Gasteiger partial charge in [-0.15, -0.1) is 0 Å². The molecule has 1 aromatic rings. The molecule has 18 heavy (non-hydrogen) atoms. The van der Waals surface area contributed by atoms with E-state index in [1.807, 2.05) is 0 Å². The van der Waals surface area contributed by atoms with Gasteiger partial charge in [-0.1, -0.05) is 37.5 Å². The highest BCUT2D eigenvalue weighted by atomic mass is 14.9. The van der Waals surface area contributed by atoms with Crippen LogP contribution < -0.4 is 5.32 Å². The molecule has 1 nitrogen and oxygen atoms in total. The summed E-state index contributed by atoms with van der Waals surface area (Å²) in [6.07, 6.45) is 5.72. The van der Waals surface area contributed by atoms with Crippen molar-refractivity contribution in [3.63, 3.8) is 0 Å². The molecule has 1 atom stereocenters. The molecule has 1 aliphatic carbocycles. The maximum Gasteiger partial charge on any atom is 0.0406 e. The largest absolute Gasteiger partial charge is 0.384 e. The summed E-state index contributed by atoms with van der Waals surface area (Å²) in [5.41, 5.74) is 5.89. The minimum atomic E-state index is 0.770. The van der Waals surface area contributed by atoms with Crippen molar-refractivity contribution < 1.29 is 0 Å². The maximum atomic E-state index is 3.65. The van der Waals surface area contributed by atoms with E-state index in [1.165, 1.54) is 49.0 Å². The lowest BCUT2D eigenvalue weighted by Gasteiger charge is -2.30. The summed E-state index contributed by atoms with van der Waals surface area (Å²) in [4.78, 5) is 0. The van der Waals surface area contributed by atoms with Gasteiger partial charge in [-0.2, -0.15) is 0 Å². The predicted octanol–water partition coefficient (Wildman–Crippen LogP) is 4.64. The summed E-state index contributed by atoms with van der Waals surface area (Å²) in [5.74, 6) is 2.64. The molecule has 0 aromatic heterocycles. The Labute approximate surface area is 111 Å². The number of anilines is 1. The van der Waals surface area contributed by atoms with Gasteiger partial charge in [0.05, 0.1) is 0 Å². The molecule has 1 heterocycles. The summed E-state index contributed by atoms with van der Waals surface area (Å²) in [6, 6.07) is 4.72. The highest BCUT2D eigenvalue weighted by Crippen LogP contribution is 2.44. The normalized spacial score (nSPS) is 30.9. The number of hydrogen-bond acceptors (Lipinski definition) is 1. The second-order valence-electron chi connectivity index (χ2n) is 6.55. The SMILES string of the molecule is Cc1cc(C)c2c(c1)C(C1CCC(C)CC1)CN2. The average molecular weight is 243 g/mol. The highest BCUT2D eigenvalue weighted by molar-refractivity contribution is 5.64. The van der Waals surface area contributed by atoms with E-state index in [0.717, 1.165) is 17.8 Å². The van der Waals surface area contributed by atoms with Crippen molar-refractivity contribution in [2.24, 2.45) is 11.8 Å². The fourth-order valence-electron chi connectivity index (χ4n) is 3.97. The molecule has 0 spiro atoms. The van der Waals surface area contributed by atoms with Crippen LogP contribution in [0.5, 0.6) is 0 Å². The van der Waals surface area contributed by atoms with Gasteiger partial charge >= 0.3 is 0 Å². The molecule has 0 saturated heterocycles. The molecular weight excluding hydrogens is 218 g/mol. The molecule has 0 bridgehead atoms. The molecule has 2 aliphatic rings. The van der Waals surface area contributed by atoms with Crippen LogP contribution >= 0.6 is 0 Å². The van der Waals surface area contributed by atoms with Crippen molar-refractivity contribution in [2.45, 2.75) is 52.4 Å². The van der Waals surface area contributed by atoms with E-state index in [0.29, 0.717) is 0 Å². The van der Waals surface area contributed by atoms with Crippen molar-refractivity contribution in [3.05, 3.63) is 28.8 Å². The van der Waals surface area contributed by atoms with Crippen molar-refractivity contribution in [1.29, 1.82) is 0 Å². The number of rotatable bonds is 1. The van der Waals surface area contributed by atoms with E-state index >= 15 is 0 Å². The number of fused-ring (bicyclic) bond motifs is 1. The van der Waals surface area contributed by atoms with Crippen molar-refractivity contribution in [3.8, 4) is 0 Å². The maximum absolute atomic E-state index is 3.65. The first-order valence-corrected chi connectivity index (χ1v) is 7.50. The molecule has 0 amide bonds. The summed E-state index contributed by atoms with van der Waals surface area (Å²) < 4.78 is 0. The fraction of sp³-hybridized carbons (Fsp3) is 0.647. The van der Waals surface area contributed by atoms with Crippen LogP contribution in [0.15, 0.2) is 12.1 Å². The lowest BCUT2D eigenvalue weighted by atomic mass is 9.74. The lowest BCUT2D eigenvalue weighted by molar-refractivity contribution is 0.261. The van der Waals surface area contributed by atoms with Gasteiger partial charge in [0.15, 0.2) is 0 Å². The molecule has 3 rings (SSSR count). The highest BCUT2D eigenvalue weighted by Gasteiger charge is 2.32. The summed E-state index contributed by atoms with van der Waals surface area (Å²) in [5, 5.41) is 3.65. The van der Waals surface area contributed by atoms with E-state index < -0.39 is 0 Å². The third kappa shape index (κ3) is 2.04. The quantitative estimate of drug-likeness (QED) is 0.757. The average Bonchev–Trinajstić information content (AvgIpc) is 2.74. The summed E-state index contributed by atoms with van der Waals surface area (Å²) in [7, 11) is 0. The Balaban J connectivity index is 1.86. The van der Waals surface area contributed by atoms with E-state index in [1.54, 1.807) is 5.56 Å². The third-order valence-corrected chi connectivity index (χ3v) is 5.04. The fourth-order valence-corrected chi connectivity index (χ4v) is 3.97. The molecule has 0 radical (unpaired) electrons. The van der Waals surface area contributed by atoms with Crippen LogP contribution in [0.3, 0.4) is 0 Å². The van der Waals surface area contributed by atoms with Gasteiger partial charge in [-0.25, -0.2) is 0 Å². The Hall–Kier alpha value is -0.980. The third-order valence-electron chi connectivity index (χ3n) is 5.04. The van der Waals surface area contributed by atoms with E-state index in [4.69, 9.17) is 0 Å². The Morgan fingerprint density at radius 3 is 2.50 bits per heavy atom. The minimum Gasteiger partial charge on any atom is -0.384 e. The van der Waals surface area contributed by atoms with Crippen molar-refractivity contribution >= 4 is 5.69 Å². The van der Waals surface area contributed by atoms with Crippen LogP contribution in [0.4, 0.5) is 5.69 Å². The van der Waals surface area contributed by atoms with Gasteiger partial charge < -0.3 is 5.32 Å². The van der Waals surface area contributed by atoms with Crippen LogP contribution in [0.2, 0.25) is 0 Å². The van der Waals surface area contributed by atoms with Gasteiger partial charge in [-0.05, 0) is 49.7 Å². The van der Waals surface area contributed by atoms with Gasteiger partial charge in [0.25, 0.3) is 0 Å². The second kappa shape index (κ2) is 4.60. The Bertz CT molecular complexity index is 441. The van der Waals surface area contributed by atoms with E-state index in [2.05, 4.69) is 38.2 Å². The number of hydrogen-bond donors (Lipinski definition) is 1. The minimum absolute atomic E-state index is 0.770. The molecular formula is C17H25N. The van der Waals surface area contributed by atoms with Crippen LogP contribution in [0.1, 0.15) is 55.2 Å². The topological polar surface area (TPSA) is 12.0 Å². The van der Waals surface area contributed by atoms with Crippen molar-refractivity contribution in [2.75, 3.05) is 11.9 Å². The van der Waals surface area contributed by atoms with Crippen LogP contribution in [-0.4, -0.2) is 6.54 Å². The Morgan fingerprint density at radius 2 is 1.78 bits per heavy atom. The van der Waals surface area contributed by atoms with Crippen LogP contribution in [0, 0.1) is 25.7 Å². The molecule has 1 N–H and O–H groups in total. The first kappa shape index (κ1) is 12.1. The number of aryl methyl sites for hydroxylation is 2. The van der Waals surface area contributed by atoms with Gasteiger partial charge in [0, 0.05) is 18.2 Å².